The van der Waals surface area contributed by atoms with Gasteiger partial charge < -0.3 is 9.47 Å². The maximum absolute atomic E-state index is 11.6. The van der Waals surface area contributed by atoms with E-state index in [2.05, 4.69) is 4.90 Å². The van der Waals surface area contributed by atoms with Crippen LogP contribution in [0.25, 0.3) is 0 Å². The maximum atomic E-state index is 11.6. The Balaban J connectivity index is 1.43. The number of benzene rings is 1. The minimum absolute atomic E-state index is 0.00555. The van der Waals surface area contributed by atoms with Gasteiger partial charge >= 0.3 is 5.97 Å². The van der Waals surface area contributed by atoms with Gasteiger partial charge in [0, 0.05) is 6.42 Å². The number of hydrogen-bond donors (Lipinski definition) is 0. The first-order chi connectivity index (χ1) is 9.83. The third-order valence-electron chi connectivity index (χ3n) is 4.23. The summed E-state index contributed by atoms with van der Waals surface area (Å²) in [4.78, 5) is 13.8. The molecule has 0 spiro atoms. The molecular weight excluding hydrogens is 254 g/mol. The Labute approximate surface area is 119 Å². The average Bonchev–Trinajstić information content (AvgIpc) is 2.93. The van der Waals surface area contributed by atoms with Crippen LogP contribution in [0, 0.1) is 5.92 Å². The minimum atomic E-state index is -0.0380. The van der Waals surface area contributed by atoms with Crippen molar-refractivity contribution >= 4 is 5.97 Å². The van der Waals surface area contributed by atoms with Crippen LogP contribution in [-0.2, 0) is 9.53 Å². The molecular formula is C16H21NO3. The van der Waals surface area contributed by atoms with E-state index in [1.807, 2.05) is 30.3 Å². The van der Waals surface area contributed by atoms with E-state index >= 15 is 0 Å². The highest BCUT2D eigenvalue weighted by Crippen LogP contribution is 2.23. The molecule has 0 amide bonds. The van der Waals surface area contributed by atoms with Gasteiger partial charge in [0.25, 0.3) is 0 Å². The Morgan fingerprint density at radius 3 is 2.55 bits per heavy atom. The van der Waals surface area contributed by atoms with Crippen molar-refractivity contribution in [1.29, 1.82) is 0 Å². The zero-order valence-electron chi connectivity index (χ0n) is 11.7. The fourth-order valence-electron chi connectivity index (χ4n) is 2.98. The van der Waals surface area contributed by atoms with Crippen LogP contribution in [0.15, 0.2) is 30.3 Å². The molecule has 0 N–H and O–H groups in total. The molecule has 4 nitrogen and oxygen atoms in total. The quantitative estimate of drug-likeness (QED) is 0.789. The van der Waals surface area contributed by atoms with Crippen molar-refractivity contribution in [2.24, 2.45) is 5.92 Å². The molecule has 3 rings (SSSR count). The number of esters is 1. The van der Waals surface area contributed by atoms with E-state index < -0.39 is 0 Å². The number of cyclic esters (lactones) is 1. The number of carbonyl (C=O) groups excluding carboxylic acids is 1. The molecule has 1 aromatic carbocycles. The largest absolute Gasteiger partial charge is 0.493 e. The number of para-hydroxylation sites is 1. The summed E-state index contributed by atoms with van der Waals surface area (Å²) in [5, 5.41) is 0. The lowest BCUT2D eigenvalue weighted by molar-refractivity contribution is -0.142. The molecule has 2 aliphatic rings. The van der Waals surface area contributed by atoms with Crippen LogP contribution in [-0.4, -0.2) is 43.2 Å². The molecule has 1 aromatic rings. The molecule has 2 heterocycles. The van der Waals surface area contributed by atoms with Crippen LogP contribution in [0.2, 0.25) is 0 Å². The average molecular weight is 275 g/mol. The summed E-state index contributed by atoms with van der Waals surface area (Å²) in [6, 6.07) is 9.96. The molecule has 0 radical (unpaired) electrons. The summed E-state index contributed by atoms with van der Waals surface area (Å²) >= 11 is 0. The number of hydrogen-bond acceptors (Lipinski definition) is 4. The van der Waals surface area contributed by atoms with Crippen molar-refractivity contribution in [2.45, 2.75) is 25.3 Å². The zero-order valence-corrected chi connectivity index (χ0v) is 11.7. The second-order valence-corrected chi connectivity index (χ2v) is 5.58. The standard InChI is InChI=1S/C16H21NO3/c18-16-15(8-11-19-16)17-9-6-13(7-10-17)12-20-14-4-2-1-3-5-14/h1-5,13,15H,6-12H2/t15-/m0/s1. The summed E-state index contributed by atoms with van der Waals surface area (Å²) < 4.78 is 10.9. The molecule has 0 aromatic heterocycles. The van der Waals surface area contributed by atoms with Crippen LogP contribution in [0.3, 0.4) is 0 Å². The molecule has 0 saturated carbocycles. The number of carbonyl (C=O) groups is 1. The lowest BCUT2D eigenvalue weighted by atomic mass is 9.96. The Kier molecular flexibility index (Phi) is 4.21. The number of piperidine rings is 1. The fraction of sp³-hybridized carbons (Fsp3) is 0.562. The Bertz CT molecular complexity index is 440. The van der Waals surface area contributed by atoms with Gasteiger partial charge in [-0.1, -0.05) is 18.2 Å². The Morgan fingerprint density at radius 2 is 1.90 bits per heavy atom. The zero-order chi connectivity index (χ0) is 13.8. The second kappa shape index (κ2) is 6.27. The van der Waals surface area contributed by atoms with E-state index in [1.54, 1.807) is 0 Å². The minimum Gasteiger partial charge on any atom is -0.493 e. The van der Waals surface area contributed by atoms with Crippen molar-refractivity contribution in [1.82, 2.24) is 4.90 Å². The summed E-state index contributed by atoms with van der Waals surface area (Å²) in [7, 11) is 0. The first kappa shape index (κ1) is 13.4. The third kappa shape index (κ3) is 3.12. The van der Waals surface area contributed by atoms with Crippen molar-refractivity contribution in [3.63, 3.8) is 0 Å². The van der Waals surface area contributed by atoms with Crippen molar-refractivity contribution < 1.29 is 14.3 Å². The first-order valence-electron chi connectivity index (χ1n) is 7.41. The molecule has 108 valence electrons. The van der Waals surface area contributed by atoms with E-state index in [9.17, 15) is 4.79 Å². The lowest BCUT2D eigenvalue weighted by Gasteiger charge is -2.34. The molecule has 0 unspecified atom stereocenters. The van der Waals surface area contributed by atoms with Gasteiger partial charge in [0.05, 0.1) is 13.2 Å². The topological polar surface area (TPSA) is 38.8 Å². The SMILES string of the molecule is O=C1OCC[C@@H]1N1CCC(COc2ccccc2)CC1. The molecule has 4 heteroatoms. The maximum Gasteiger partial charge on any atom is 0.323 e. The van der Waals surface area contributed by atoms with Gasteiger partial charge in [-0.25, -0.2) is 0 Å². The van der Waals surface area contributed by atoms with Gasteiger partial charge in [0.15, 0.2) is 0 Å². The van der Waals surface area contributed by atoms with Gasteiger partial charge in [-0.15, -0.1) is 0 Å². The first-order valence-corrected chi connectivity index (χ1v) is 7.41. The van der Waals surface area contributed by atoms with Crippen LogP contribution in [0.1, 0.15) is 19.3 Å². The van der Waals surface area contributed by atoms with Crippen molar-refractivity contribution in [3.8, 4) is 5.75 Å². The lowest BCUT2D eigenvalue weighted by Crippen LogP contribution is -2.44. The van der Waals surface area contributed by atoms with E-state index in [-0.39, 0.29) is 12.0 Å². The molecule has 2 saturated heterocycles. The molecule has 2 aliphatic heterocycles. The van der Waals surface area contributed by atoms with Gasteiger partial charge in [-0.2, -0.15) is 0 Å². The van der Waals surface area contributed by atoms with Crippen molar-refractivity contribution in [2.75, 3.05) is 26.3 Å². The summed E-state index contributed by atoms with van der Waals surface area (Å²) in [6.45, 7) is 3.30. The summed E-state index contributed by atoms with van der Waals surface area (Å²) in [6.07, 6.45) is 3.04. The Morgan fingerprint density at radius 1 is 1.15 bits per heavy atom. The normalized spacial score (nSPS) is 24.6. The molecule has 0 bridgehead atoms. The van der Waals surface area contributed by atoms with Crippen LogP contribution >= 0.6 is 0 Å². The highest BCUT2D eigenvalue weighted by Gasteiger charge is 2.34. The van der Waals surface area contributed by atoms with Gasteiger partial charge in [0.1, 0.15) is 11.8 Å². The summed E-state index contributed by atoms with van der Waals surface area (Å²) in [5.74, 6) is 1.49. The molecule has 20 heavy (non-hydrogen) atoms. The monoisotopic (exact) mass is 275 g/mol. The number of nitrogens with zero attached hydrogens (tertiary/aromatic N) is 1. The van der Waals surface area contributed by atoms with Crippen LogP contribution in [0.5, 0.6) is 5.75 Å². The van der Waals surface area contributed by atoms with Crippen LogP contribution < -0.4 is 4.74 Å². The van der Waals surface area contributed by atoms with E-state index in [0.717, 1.165) is 44.7 Å². The number of ether oxygens (including phenoxy) is 2. The van der Waals surface area contributed by atoms with Gasteiger partial charge in [-0.3, -0.25) is 9.69 Å². The third-order valence-corrected chi connectivity index (χ3v) is 4.23. The van der Waals surface area contributed by atoms with Gasteiger partial charge in [0.2, 0.25) is 0 Å². The predicted octanol–water partition coefficient (Wildman–Crippen LogP) is 2.09. The second-order valence-electron chi connectivity index (χ2n) is 5.58. The number of rotatable bonds is 4. The van der Waals surface area contributed by atoms with E-state index in [4.69, 9.17) is 9.47 Å². The van der Waals surface area contributed by atoms with E-state index in [0.29, 0.717) is 12.5 Å². The highest BCUT2D eigenvalue weighted by atomic mass is 16.5. The van der Waals surface area contributed by atoms with Gasteiger partial charge in [-0.05, 0) is 44.0 Å². The smallest absolute Gasteiger partial charge is 0.323 e. The molecule has 1 atom stereocenters. The summed E-state index contributed by atoms with van der Waals surface area (Å²) in [5.41, 5.74) is 0. The predicted molar refractivity (Wildman–Crippen MR) is 75.6 cm³/mol. The molecule has 2 fully saturated rings. The van der Waals surface area contributed by atoms with Crippen LogP contribution in [0.4, 0.5) is 0 Å². The van der Waals surface area contributed by atoms with Crippen molar-refractivity contribution in [3.05, 3.63) is 30.3 Å². The van der Waals surface area contributed by atoms with E-state index in [1.165, 1.54) is 0 Å². The highest BCUT2D eigenvalue weighted by molar-refractivity contribution is 5.77. The molecule has 0 aliphatic carbocycles. The number of likely N-dealkylation sites (tertiary alicyclic amines) is 1. The fourth-order valence-corrected chi connectivity index (χ4v) is 2.98. The Hall–Kier alpha value is -1.55.